The molecule has 1 fully saturated rings. The van der Waals surface area contributed by atoms with E-state index in [0.717, 1.165) is 25.7 Å². The summed E-state index contributed by atoms with van der Waals surface area (Å²) in [7, 11) is 0. The molecular weight excluding hydrogens is 266 g/mol. The second-order valence-electron chi connectivity index (χ2n) is 6.02. The average molecular weight is 289 g/mol. The van der Waals surface area contributed by atoms with Crippen LogP contribution in [0.3, 0.4) is 0 Å². The number of carbonyl (C=O) groups is 2. The van der Waals surface area contributed by atoms with Gasteiger partial charge in [-0.1, -0.05) is 12.8 Å². The molecule has 1 aromatic rings. The number of amides is 2. The van der Waals surface area contributed by atoms with Gasteiger partial charge in [-0.2, -0.15) is 0 Å². The average Bonchev–Trinajstić information content (AvgIpc) is 2.87. The van der Waals surface area contributed by atoms with Crippen molar-refractivity contribution >= 4 is 17.5 Å². The van der Waals surface area contributed by atoms with E-state index in [1.807, 2.05) is 13.8 Å². The van der Waals surface area contributed by atoms with E-state index in [4.69, 9.17) is 5.73 Å². The lowest BCUT2D eigenvalue weighted by molar-refractivity contribution is -0.121. The van der Waals surface area contributed by atoms with Crippen LogP contribution < -0.4 is 16.4 Å². The first-order valence-electron chi connectivity index (χ1n) is 7.42. The summed E-state index contributed by atoms with van der Waals surface area (Å²) in [5.74, 6) is -0.256. The predicted molar refractivity (Wildman–Crippen MR) is 83.1 cm³/mol. The normalized spacial score (nSPS) is 16.8. The minimum atomic E-state index is -0.742. The second-order valence-corrected chi connectivity index (χ2v) is 6.02. The van der Waals surface area contributed by atoms with Gasteiger partial charge in [0.05, 0.1) is 5.54 Å². The first-order valence-corrected chi connectivity index (χ1v) is 7.42. The van der Waals surface area contributed by atoms with Crippen LogP contribution in [0.2, 0.25) is 0 Å². The second kappa shape index (κ2) is 6.26. The molecule has 114 valence electrons. The molecule has 0 aliphatic heterocycles. The first-order chi connectivity index (χ1) is 9.90. The number of hydrogen-bond donors (Lipinski definition) is 3. The predicted octanol–water partition coefficient (Wildman–Crippen LogP) is 2.03. The van der Waals surface area contributed by atoms with Crippen molar-refractivity contribution in [1.29, 1.82) is 0 Å². The van der Waals surface area contributed by atoms with E-state index in [0.29, 0.717) is 11.3 Å². The number of benzene rings is 1. The first kappa shape index (κ1) is 15.5. The lowest BCUT2D eigenvalue weighted by Crippen LogP contribution is -2.48. The summed E-state index contributed by atoms with van der Waals surface area (Å²) in [6, 6.07) is 6.95. The van der Waals surface area contributed by atoms with Gasteiger partial charge in [-0.05, 0) is 51.0 Å². The largest absolute Gasteiger partial charge is 0.350 e. The molecule has 2 amide bonds. The van der Waals surface area contributed by atoms with Gasteiger partial charge < -0.3 is 16.4 Å². The van der Waals surface area contributed by atoms with Crippen molar-refractivity contribution in [3.63, 3.8) is 0 Å². The van der Waals surface area contributed by atoms with Crippen LogP contribution in [0.15, 0.2) is 24.3 Å². The van der Waals surface area contributed by atoms with E-state index >= 15 is 0 Å². The van der Waals surface area contributed by atoms with Crippen LogP contribution >= 0.6 is 0 Å². The molecule has 0 atom stereocenters. The molecule has 5 heteroatoms. The van der Waals surface area contributed by atoms with Crippen molar-refractivity contribution in [1.82, 2.24) is 5.32 Å². The van der Waals surface area contributed by atoms with Gasteiger partial charge >= 0.3 is 0 Å². The Morgan fingerprint density at radius 1 is 1.14 bits per heavy atom. The fourth-order valence-corrected chi connectivity index (χ4v) is 2.54. The molecule has 5 nitrogen and oxygen atoms in total. The Hall–Kier alpha value is -1.88. The Morgan fingerprint density at radius 3 is 2.24 bits per heavy atom. The van der Waals surface area contributed by atoms with Crippen molar-refractivity contribution in [3.8, 4) is 0 Å². The number of hydrogen-bond acceptors (Lipinski definition) is 3. The summed E-state index contributed by atoms with van der Waals surface area (Å²) in [4.78, 5) is 24.0. The molecule has 0 aromatic heterocycles. The molecule has 0 saturated heterocycles. The van der Waals surface area contributed by atoms with Gasteiger partial charge in [0.1, 0.15) is 0 Å². The SMILES string of the molecule is CC(C)NC(=O)c1ccc(NC(=O)C2(N)CCCC2)cc1. The van der Waals surface area contributed by atoms with Crippen molar-refractivity contribution in [2.45, 2.75) is 51.1 Å². The summed E-state index contributed by atoms with van der Waals surface area (Å²) in [6.45, 7) is 3.82. The molecule has 2 rings (SSSR count). The van der Waals surface area contributed by atoms with E-state index in [9.17, 15) is 9.59 Å². The number of nitrogens with one attached hydrogen (secondary N) is 2. The smallest absolute Gasteiger partial charge is 0.251 e. The highest BCUT2D eigenvalue weighted by Crippen LogP contribution is 2.28. The highest BCUT2D eigenvalue weighted by molar-refractivity contribution is 5.99. The van der Waals surface area contributed by atoms with E-state index in [2.05, 4.69) is 10.6 Å². The van der Waals surface area contributed by atoms with Gasteiger partial charge in [0.2, 0.25) is 5.91 Å². The third kappa shape index (κ3) is 3.82. The molecule has 1 saturated carbocycles. The molecule has 1 aliphatic carbocycles. The molecule has 0 radical (unpaired) electrons. The third-order valence-corrected chi connectivity index (χ3v) is 3.77. The van der Waals surface area contributed by atoms with Crippen LogP contribution in [0.1, 0.15) is 49.9 Å². The monoisotopic (exact) mass is 289 g/mol. The topological polar surface area (TPSA) is 84.2 Å². The van der Waals surface area contributed by atoms with E-state index in [-0.39, 0.29) is 17.9 Å². The number of rotatable bonds is 4. The Labute approximate surface area is 125 Å². The molecule has 0 spiro atoms. The van der Waals surface area contributed by atoms with E-state index < -0.39 is 5.54 Å². The van der Waals surface area contributed by atoms with Crippen molar-refractivity contribution in [2.24, 2.45) is 5.73 Å². The van der Waals surface area contributed by atoms with Crippen molar-refractivity contribution in [2.75, 3.05) is 5.32 Å². The Morgan fingerprint density at radius 2 is 1.71 bits per heavy atom. The summed E-state index contributed by atoms with van der Waals surface area (Å²) < 4.78 is 0. The van der Waals surface area contributed by atoms with E-state index in [1.54, 1.807) is 24.3 Å². The number of anilines is 1. The van der Waals surface area contributed by atoms with Gasteiger partial charge in [0.25, 0.3) is 5.91 Å². The van der Waals surface area contributed by atoms with Gasteiger partial charge in [-0.3, -0.25) is 9.59 Å². The van der Waals surface area contributed by atoms with Crippen LogP contribution in [0.5, 0.6) is 0 Å². The maximum absolute atomic E-state index is 12.2. The molecule has 0 unspecified atom stereocenters. The molecule has 1 aliphatic rings. The van der Waals surface area contributed by atoms with Crippen LogP contribution in [0.4, 0.5) is 5.69 Å². The zero-order chi connectivity index (χ0) is 15.5. The fourth-order valence-electron chi connectivity index (χ4n) is 2.54. The third-order valence-electron chi connectivity index (χ3n) is 3.77. The summed E-state index contributed by atoms with van der Waals surface area (Å²) in [5.41, 5.74) is 6.60. The number of carbonyl (C=O) groups excluding carboxylic acids is 2. The van der Waals surface area contributed by atoms with Crippen molar-refractivity contribution < 1.29 is 9.59 Å². The molecule has 0 heterocycles. The zero-order valence-electron chi connectivity index (χ0n) is 12.6. The maximum Gasteiger partial charge on any atom is 0.251 e. The van der Waals surface area contributed by atoms with Crippen LogP contribution in [0, 0.1) is 0 Å². The number of nitrogens with two attached hydrogens (primary N) is 1. The summed E-state index contributed by atoms with van der Waals surface area (Å²) >= 11 is 0. The van der Waals surface area contributed by atoms with Gasteiger partial charge in [0, 0.05) is 17.3 Å². The Balaban J connectivity index is 1.99. The maximum atomic E-state index is 12.2. The Kier molecular flexibility index (Phi) is 4.63. The van der Waals surface area contributed by atoms with Gasteiger partial charge in [-0.25, -0.2) is 0 Å². The molecule has 21 heavy (non-hydrogen) atoms. The highest BCUT2D eigenvalue weighted by Gasteiger charge is 2.36. The molecular formula is C16H23N3O2. The van der Waals surface area contributed by atoms with Gasteiger partial charge in [-0.15, -0.1) is 0 Å². The highest BCUT2D eigenvalue weighted by atomic mass is 16.2. The zero-order valence-corrected chi connectivity index (χ0v) is 12.6. The quantitative estimate of drug-likeness (QED) is 0.793. The van der Waals surface area contributed by atoms with Gasteiger partial charge in [0.15, 0.2) is 0 Å². The van der Waals surface area contributed by atoms with Crippen LogP contribution in [-0.4, -0.2) is 23.4 Å². The van der Waals surface area contributed by atoms with Crippen LogP contribution in [-0.2, 0) is 4.79 Å². The molecule has 4 N–H and O–H groups in total. The minimum Gasteiger partial charge on any atom is -0.350 e. The Bertz CT molecular complexity index is 517. The minimum absolute atomic E-state index is 0.0938. The molecule has 1 aromatic carbocycles. The summed E-state index contributed by atoms with van der Waals surface area (Å²) in [5, 5.41) is 5.66. The lowest BCUT2D eigenvalue weighted by Gasteiger charge is -2.22. The van der Waals surface area contributed by atoms with Crippen LogP contribution in [0.25, 0.3) is 0 Å². The summed E-state index contributed by atoms with van der Waals surface area (Å²) in [6.07, 6.45) is 3.46. The van der Waals surface area contributed by atoms with E-state index in [1.165, 1.54) is 0 Å². The molecule has 0 bridgehead atoms. The lowest BCUT2D eigenvalue weighted by atomic mass is 9.98. The standard InChI is InChI=1S/C16H23N3O2/c1-11(2)18-14(20)12-5-7-13(8-6-12)19-15(21)16(17)9-3-4-10-16/h5-8,11H,3-4,9-10,17H2,1-2H3,(H,18,20)(H,19,21). The van der Waals surface area contributed by atoms with Crippen molar-refractivity contribution in [3.05, 3.63) is 29.8 Å². The fraction of sp³-hybridized carbons (Fsp3) is 0.500.